The van der Waals surface area contributed by atoms with E-state index in [1.165, 1.54) is 10.4 Å². The number of carbonyl (C=O) groups excluding carboxylic acids is 2. The van der Waals surface area contributed by atoms with Crippen molar-refractivity contribution in [1.29, 1.82) is 0 Å². The number of carbonyl (C=O) groups is 2. The molecule has 3 heterocycles. The number of ether oxygens (including phenoxy) is 1. The molecule has 5 nitrogen and oxygen atoms in total. The number of aromatic amines is 1. The van der Waals surface area contributed by atoms with Crippen LogP contribution >= 0.6 is 11.3 Å². The lowest BCUT2D eigenvalue weighted by atomic mass is 10.0. The van der Waals surface area contributed by atoms with Gasteiger partial charge in [-0.05, 0) is 35.4 Å². The molecule has 140 valence electrons. The van der Waals surface area contributed by atoms with Gasteiger partial charge >= 0.3 is 5.97 Å². The van der Waals surface area contributed by atoms with Crippen molar-refractivity contribution in [3.63, 3.8) is 0 Å². The number of para-hydroxylation sites is 1. The van der Waals surface area contributed by atoms with Crippen molar-refractivity contribution in [3.05, 3.63) is 57.9 Å². The van der Waals surface area contributed by atoms with E-state index in [2.05, 4.69) is 16.4 Å². The first-order chi connectivity index (χ1) is 13.0. The molecule has 27 heavy (non-hydrogen) atoms. The van der Waals surface area contributed by atoms with Gasteiger partial charge in [0.15, 0.2) is 6.10 Å². The van der Waals surface area contributed by atoms with Crippen molar-refractivity contribution >= 4 is 34.1 Å². The Morgan fingerprint density at radius 2 is 2.04 bits per heavy atom. The summed E-state index contributed by atoms with van der Waals surface area (Å²) in [6, 6.07) is 9.64. The van der Waals surface area contributed by atoms with Gasteiger partial charge in [0.05, 0.1) is 5.56 Å². The lowest BCUT2D eigenvalue weighted by molar-refractivity contribution is -0.144. The molecule has 1 N–H and O–H groups in total. The van der Waals surface area contributed by atoms with Crippen LogP contribution in [0.5, 0.6) is 0 Å². The van der Waals surface area contributed by atoms with Crippen LogP contribution in [0.4, 0.5) is 0 Å². The molecule has 0 aliphatic carbocycles. The van der Waals surface area contributed by atoms with Crippen LogP contribution in [0.15, 0.2) is 41.9 Å². The van der Waals surface area contributed by atoms with E-state index in [1.54, 1.807) is 17.5 Å². The minimum Gasteiger partial charge on any atom is -0.448 e. The molecule has 1 aliphatic heterocycles. The number of nitrogens with zero attached hydrogens (tertiary/aromatic N) is 1. The molecule has 2 aromatic heterocycles. The number of esters is 1. The summed E-state index contributed by atoms with van der Waals surface area (Å²) in [5, 5.41) is 2.87. The van der Waals surface area contributed by atoms with E-state index < -0.39 is 12.1 Å². The van der Waals surface area contributed by atoms with Crippen LogP contribution in [0.3, 0.4) is 0 Å². The second-order valence-electron chi connectivity index (χ2n) is 7.20. The van der Waals surface area contributed by atoms with Crippen molar-refractivity contribution in [2.75, 3.05) is 6.54 Å². The zero-order valence-electron chi connectivity index (χ0n) is 15.4. The second kappa shape index (κ2) is 7.19. The quantitative estimate of drug-likeness (QED) is 0.694. The van der Waals surface area contributed by atoms with E-state index in [0.717, 1.165) is 17.3 Å². The average molecular weight is 382 g/mol. The number of benzene rings is 1. The van der Waals surface area contributed by atoms with Gasteiger partial charge in [0.25, 0.3) is 5.91 Å². The number of amides is 1. The molecule has 0 bridgehead atoms. The minimum absolute atomic E-state index is 0.101. The van der Waals surface area contributed by atoms with Crippen LogP contribution in [-0.4, -0.2) is 34.4 Å². The molecule has 6 heteroatoms. The Labute approximate surface area is 161 Å². The van der Waals surface area contributed by atoms with Crippen molar-refractivity contribution < 1.29 is 14.3 Å². The number of thiophene rings is 1. The molecule has 0 saturated heterocycles. The first kappa shape index (κ1) is 17.8. The fraction of sp³-hybridized carbons (Fsp3) is 0.333. The monoisotopic (exact) mass is 382 g/mol. The Kier molecular flexibility index (Phi) is 4.74. The van der Waals surface area contributed by atoms with Crippen molar-refractivity contribution in [2.24, 2.45) is 5.92 Å². The van der Waals surface area contributed by atoms with Crippen molar-refractivity contribution in [1.82, 2.24) is 9.88 Å². The van der Waals surface area contributed by atoms with Gasteiger partial charge in [-0.1, -0.05) is 32.0 Å². The van der Waals surface area contributed by atoms with Gasteiger partial charge in [-0.2, -0.15) is 0 Å². The third-order valence-electron chi connectivity index (χ3n) is 5.01. The summed E-state index contributed by atoms with van der Waals surface area (Å²) in [5.41, 5.74) is 2.53. The normalized spacial score (nSPS) is 15.0. The summed E-state index contributed by atoms with van der Waals surface area (Å²) < 4.78 is 5.70. The zero-order valence-corrected chi connectivity index (χ0v) is 16.2. The highest BCUT2D eigenvalue weighted by atomic mass is 32.1. The minimum atomic E-state index is -0.786. The highest BCUT2D eigenvalue weighted by molar-refractivity contribution is 7.10. The van der Waals surface area contributed by atoms with Crippen LogP contribution in [-0.2, 0) is 22.5 Å². The van der Waals surface area contributed by atoms with Crippen LogP contribution in [0.1, 0.15) is 34.6 Å². The molecule has 1 amide bonds. The van der Waals surface area contributed by atoms with Gasteiger partial charge in [-0.3, -0.25) is 4.79 Å². The predicted molar refractivity (Wildman–Crippen MR) is 106 cm³/mol. The molecular formula is C21H22N2O3S. The lowest BCUT2D eigenvalue weighted by Crippen LogP contribution is -2.45. The number of H-pyrrole nitrogens is 1. The van der Waals surface area contributed by atoms with Gasteiger partial charge in [0.2, 0.25) is 0 Å². The Balaban J connectivity index is 1.53. The Bertz CT molecular complexity index is 988. The van der Waals surface area contributed by atoms with E-state index in [1.807, 2.05) is 43.0 Å². The number of rotatable bonds is 4. The topological polar surface area (TPSA) is 62.4 Å². The largest absolute Gasteiger partial charge is 0.448 e. The molecule has 1 aliphatic rings. The molecule has 0 saturated carbocycles. The number of nitrogens with one attached hydrogen (secondary N) is 1. The molecule has 0 unspecified atom stereocenters. The van der Waals surface area contributed by atoms with E-state index in [-0.39, 0.29) is 11.8 Å². The zero-order chi connectivity index (χ0) is 19.0. The maximum absolute atomic E-state index is 13.1. The molecule has 0 spiro atoms. The molecule has 1 atom stereocenters. The van der Waals surface area contributed by atoms with Gasteiger partial charge in [0, 0.05) is 35.1 Å². The predicted octanol–water partition coefficient (Wildman–Crippen LogP) is 4.00. The first-order valence-electron chi connectivity index (χ1n) is 9.15. The maximum atomic E-state index is 13.1. The molecule has 3 aromatic rings. The van der Waals surface area contributed by atoms with E-state index in [9.17, 15) is 9.59 Å². The highest BCUT2D eigenvalue weighted by Crippen LogP contribution is 2.26. The van der Waals surface area contributed by atoms with Crippen molar-refractivity contribution in [2.45, 2.75) is 32.9 Å². The summed E-state index contributed by atoms with van der Waals surface area (Å²) in [7, 11) is 0. The summed E-state index contributed by atoms with van der Waals surface area (Å²) in [6.45, 7) is 5.07. The Morgan fingerprint density at radius 3 is 2.85 bits per heavy atom. The molecule has 0 radical (unpaired) electrons. The van der Waals surface area contributed by atoms with Crippen LogP contribution in [0.25, 0.3) is 10.9 Å². The highest BCUT2D eigenvalue weighted by Gasteiger charge is 2.33. The first-order valence-corrected chi connectivity index (χ1v) is 10.0. The smallest absolute Gasteiger partial charge is 0.341 e. The third-order valence-corrected chi connectivity index (χ3v) is 6.03. The second-order valence-corrected chi connectivity index (χ2v) is 8.20. The standard InChI is InChI=1S/C21H22N2O3S/c1-13(2)19(20(24)23-9-7-18-14(12-23)8-10-27-18)26-21(25)16-11-22-17-6-4-3-5-15(16)17/h3-6,8,10-11,13,19,22H,7,9,12H2,1-2H3/t19-/m1/s1. The number of hydrogen-bond acceptors (Lipinski definition) is 4. The van der Waals surface area contributed by atoms with Crippen molar-refractivity contribution in [3.8, 4) is 0 Å². The molecule has 0 fully saturated rings. The van der Waals surface area contributed by atoms with Gasteiger partial charge in [-0.15, -0.1) is 11.3 Å². The Morgan fingerprint density at radius 1 is 1.22 bits per heavy atom. The average Bonchev–Trinajstić information content (AvgIpc) is 3.31. The number of hydrogen-bond donors (Lipinski definition) is 1. The fourth-order valence-electron chi connectivity index (χ4n) is 3.51. The van der Waals surface area contributed by atoms with Crippen LogP contribution in [0.2, 0.25) is 0 Å². The van der Waals surface area contributed by atoms with E-state index in [4.69, 9.17) is 4.74 Å². The van der Waals surface area contributed by atoms with E-state index >= 15 is 0 Å². The van der Waals surface area contributed by atoms with Crippen LogP contribution in [0, 0.1) is 5.92 Å². The van der Waals surface area contributed by atoms with Gasteiger partial charge in [-0.25, -0.2) is 4.79 Å². The molecular weight excluding hydrogens is 360 g/mol. The van der Waals surface area contributed by atoms with Gasteiger partial charge in [0.1, 0.15) is 0 Å². The molecule has 1 aromatic carbocycles. The maximum Gasteiger partial charge on any atom is 0.341 e. The SMILES string of the molecule is CC(C)[C@@H](OC(=O)c1c[nH]c2ccccc12)C(=O)N1CCc2sccc2C1. The van der Waals surface area contributed by atoms with E-state index in [0.29, 0.717) is 18.7 Å². The lowest BCUT2D eigenvalue weighted by Gasteiger charge is -2.31. The summed E-state index contributed by atoms with van der Waals surface area (Å²) >= 11 is 1.74. The Hall–Kier alpha value is -2.60. The summed E-state index contributed by atoms with van der Waals surface area (Å²) in [4.78, 5) is 32.1. The number of fused-ring (bicyclic) bond motifs is 2. The van der Waals surface area contributed by atoms with Gasteiger partial charge < -0.3 is 14.6 Å². The third kappa shape index (κ3) is 3.37. The number of aromatic nitrogens is 1. The molecule has 4 rings (SSSR count). The fourth-order valence-corrected chi connectivity index (χ4v) is 4.40. The summed E-state index contributed by atoms with van der Waals surface area (Å²) in [6.07, 6.45) is 1.72. The summed E-state index contributed by atoms with van der Waals surface area (Å²) in [5.74, 6) is -0.682. The van der Waals surface area contributed by atoms with Crippen LogP contribution < -0.4 is 0 Å².